The van der Waals surface area contributed by atoms with E-state index in [4.69, 9.17) is 23.8 Å². The van der Waals surface area contributed by atoms with Crippen molar-refractivity contribution in [1.29, 1.82) is 0 Å². The van der Waals surface area contributed by atoms with Crippen molar-refractivity contribution in [2.24, 2.45) is 0 Å². The molecular formula is C57H33N3O2S. The monoisotopic (exact) mass is 823 g/mol. The zero-order chi connectivity index (χ0) is 41.4. The summed E-state index contributed by atoms with van der Waals surface area (Å²) in [5.41, 5.74) is 12.6. The van der Waals surface area contributed by atoms with Crippen LogP contribution >= 0.6 is 11.3 Å². The van der Waals surface area contributed by atoms with Crippen molar-refractivity contribution in [3.63, 3.8) is 0 Å². The van der Waals surface area contributed by atoms with Crippen LogP contribution in [0.15, 0.2) is 209 Å². The Morgan fingerprint density at radius 2 is 0.857 bits per heavy atom. The minimum absolute atomic E-state index is 0.569. The molecule has 0 spiro atoms. The highest BCUT2D eigenvalue weighted by atomic mass is 32.1. The number of hydrogen-bond acceptors (Lipinski definition) is 6. The Hall–Kier alpha value is -8.19. The molecule has 0 aliphatic carbocycles. The predicted molar refractivity (Wildman–Crippen MR) is 260 cm³/mol. The molecule has 63 heavy (non-hydrogen) atoms. The first kappa shape index (κ1) is 35.6. The molecular weight excluding hydrogens is 791 g/mol. The number of para-hydroxylation sites is 2. The second-order valence-electron chi connectivity index (χ2n) is 15.9. The van der Waals surface area contributed by atoms with Gasteiger partial charge in [-0.15, -0.1) is 11.3 Å². The van der Waals surface area contributed by atoms with E-state index >= 15 is 0 Å². The van der Waals surface area contributed by atoms with Gasteiger partial charge in [0.1, 0.15) is 22.3 Å². The van der Waals surface area contributed by atoms with E-state index in [1.807, 2.05) is 47.7 Å². The van der Waals surface area contributed by atoms with Crippen LogP contribution in [-0.4, -0.2) is 15.0 Å². The van der Waals surface area contributed by atoms with Crippen molar-refractivity contribution in [1.82, 2.24) is 15.0 Å². The molecule has 0 aliphatic rings. The van der Waals surface area contributed by atoms with E-state index in [1.165, 1.54) is 25.7 Å². The molecule has 0 atom stereocenters. The van der Waals surface area contributed by atoms with E-state index < -0.39 is 0 Å². The van der Waals surface area contributed by atoms with Crippen LogP contribution in [0.3, 0.4) is 0 Å². The molecule has 4 aromatic heterocycles. The first-order valence-corrected chi connectivity index (χ1v) is 21.8. The van der Waals surface area contributed by atoms with Gasteiger partial charge < -0.3 is 8.83 Å². The van der Waals surface area contributed by atoms with Crippen LogP contribution in [0, 0.1) is 0 Å². The number of thiophene rings is 1. The fraction of sp³-hybridized carbons (Fsp3) is 0. The van der Waals surface area contributed by atoms with Crippen LogP contribution in [0.25, 0.3) is 132 Å². The Morgan fingerprint density at radius 1 is 0.302 bits per heavy atom. The summed E-state index contributed by atoms with van der Waals surface area (Å²) in [6.45, 7) is 0. The maximum Gasteiger partial charge on any atom is 0.164 e. The standard InChI is InChI=1S/C57H33N3O2S/c1-2-11-34(12-3-1)37-13-10-14-39(31-37)56-58-55(59-57(60-56)40-26-27-44-43-15-4-7-18-48(43)61-50(44)32-40)36-23-21-35(22-24-36)42-30-29-41(53-47-17-5-8-19-49(47)62-54(42)53)38-25-28-46-45-16-6-9-20-51(45)63-52(46)33-38/h1-33H. The first-order valence-electron chi connectivity index (χ1n) is 21.0. The average Bonchev–Trinajstić information content (AvgIpc) is 4.05. The third kappa shape index (κ3) is 5.95. The second kappa shape index (κ2) is 14.2. The predicted octanol–water partition coefficient (Wildman–Crippen LogP) is 16.0. The number of aromatic nitrogens is 3. The minimum atomic E-state index is 0.569. The first-order chi connectivity index (χ1) is 31.2. The van der Waals surface area contributed by atoms with Gasteiger partial charge >= 0.3 is 0 Å². The van der Waals surface area contributed by atoms with Crippen LogP contribution in [-0.2, 0) is 0 Å². The van der Waals surface area contributed by atoms with E-state index in [0.717, 1.165) is 88.4 Å². The van der Waals surface area contributed by atoms with Gasteiger partial charge in [-0.1, -0.05) is 152 Å². The highest BCUT2D eigenvalue weighted by molar-refractivity contribution is 7.25. The van der Waals surface area contributed by atoms with Gasteiger partial charge in [0, 0.05) is 64.0 Å². The molecule has 0 unspecified atom stereocenters. The Bertz CT molecular complexity index is 3920. The largest absolute Gasteiger partial charge is 0.456 e. The van der Waals surface area contributed by atoms with E-state index in [1.54, 1.807) is 0 Å². The number of hydrogen-bond donors (Lipinski definition) is 0. The smallest absolute Gasteiger partial charge is 0.164 e. The molecule has 294 valence electrons. The quantitative estimate of drug-likeness (QED) is 0.167. The maximum atomic E-state index is 6.73. The highest BCUT2D eigenvalue weighted by Crippen LogP contribution is 2.44. The summed E-state index contributed by atoms with van der Waals surface area (Å²) in [6.07, 6.45) is 0. The lowest BCUT2D eigenvalue weighted by Gasteiger charge is -2.11. The molecule has 4 heterocycles. The summed E-state index contributed by atoms with van der Waals surface area (Å²) in [4.78, 5) is 15.4. The maximum absolute atomic E-state index is 6.73. The zero-order valence-electron chi connectivity index (χ0n) is 33.6. The molecule has 13 rings (SSSR count). The van der Waals surface area contributed by atoms with Crippen LogP contribution in [0.5, 0.6) is 0 Å². The van der Waals surface area contributed by atoms with Gasteiger partial charge in [0.2, 0.25) is 0 Å². The van der Waals surface area contributed by atoms with Gasteiger partial charge in [0.05, 0.1) is 0 Å². The second-order valence-corrected chi connectivity index (χ2v) is 17.0. The van der Waals surface area contributed by atoms with Crippen molar-refractivity contribution < 1.29 is 8.83 Å². The van der Waals surface area contributed by atoms with E-state index in [9.17, 15) is 0 Å². The molecule has 0 N–H and O–H groups in total. The molecule has 0 fully saturated rings. The lowest BCUT2D eigenvalue weighted by molar-refractivity contribution is 0.669. The fourth-order valence-electron chi connectivity index (χ4n) is 9.09. The molecule has 0 bridgehead atoms. The molecule has 5 nitrogen and oxygen atoms in total. The van der Waals surface area contributed by atoms with Gasteiger partial charge in [-0.2, -0.15) is 0 Å². The molecule has 13 aromatic rings. The Balaban J connectivity index is 0.929. The van der Waals surface area contributed by atoms with Gasteiger partial charge in [0.15, 0.2) is 17.5 Å². The topological polar surface area (TPSA) is 65.0 Å². The van der Waals surface area contributed by atoms with Gasteiger partial charge in [-0.25, -0.2) is 15.0 Å². The Kier molecular flexibility index (Phi) is 8.01. The van der Waals surface area contributed by atoms with Crippen LogP contribution < -0.4 is 0 Å². The van der Waals surface area contributed by atoms with Crippen LogP contribution in [0.4, 0.5) is 0 Å². The molecule has 0 amide bonds. The van der Waals surface area contributed by atoms with Crippen molar-refractivity contribution in [2.45, 2.75) is 0 Å². The third-order valence-electron chi connectivity index (χ3n) is 12.2. The Morgan fingerprint density at radius 3 is 1.68 bits per heavy atom. The van der Waals surface area contributed by atoms with E-state index in [-0.39, 0.29) is 0 Å². The van der Waals surface area contributed by atoms with Gasteiger partial charge in [0.25, 0.3) is 0 Å². The molecule has 0 radical (unpaired) electrons. The molecule has 0 saturated heterocycles. The van der Waals surface area contributed by atoms with Gasteiger partial charge in [-0.05, 0) is 76.3 Å². The summed E-state index contributed by atoms with van der Waals surface area (Å²) >= 11 is 1.84. The third-order valence-corrected chi connectivity index (χ3v) is 13.3. The number of furan rings is 2. The average molecular weight is 824 g/mol. The summed E-state index contributed by atoms with van der Waals surface area (Å²) < 4.78 is 15.6. The summed E-state index contributed by atoms with van der Waals surface area (Å²) in [6, 6.07) is 69.8. The summed E-state index contributed by atoms with van der Waals surface area (Å²) in [7, 11) is 0. The van der Waals surface area contributed by atoms with Gasteiger partial charge in [-0.3, -0.25) is 0 Å². The van der Waals surface area contributed by atoms with Crippen molar-refractivity contribution in [3.05, 3.63) is 200 Å². The number of benzene rings is 9. The van der Waals surface area contributed by atoms with Crippen LogP contribution in [0.2, 0.25) is 0 Å². The fourth-order valence-corrected chi connectivity index (χ4v) is 10.2. The van der Waals surface area contributed by atoms with E-state index in [0.29, 0.717) is 17.5 Å². The minimum Gasteiger partial charge on any atom is -0.456 e. The molecule has 9 aromatic carbocycles. The van der Waals surface area contributed by atoms with Crippen molar-refractivity contribution in [3.8, 4) is 67.5 Å². The number of rotatable bonds is 6. The molecule has 0 saturated carbocycles. The van der Waals surface area contributed by atoms with Crippen LogP contribution in [0.1, 0.15) is 0 Å². The SMILES string of the molecule is c1ccc(-c2cccc(-c3nc(-c4ccc(-c5ccc(-c6ccc7c(c6)sc6ccccc67)c6c5oc5ccccc56)cc4)nc(-c4ccc5c(c4)oc4ccccc45)n3)c2)cc1. The van der Waals surface area contributed by atoms with E-state index in [2.05, 4.69) is 164 Å². The summed E-state index contributed by atoms with van der Waals surface area (Å²) in [5.74, 6) is 1.74. The Labute approximate surface area is 365 Å². The molecule has 6 heteroatoms. The lowest BCUT2D eigenvalue weighted by atomic mass is 9.94. The number of nitrogens with zero attached hydrogens (tertiary/aromatic N) is 3. The zero-order valence-corrected chi connectivity index (χ0v) is 34.4. The lowest BCUT2D eigenvalue weighted by Crippen LogP contribution is -2.00. The number of fused-ring (bicyclic) bond motifs is 9. The summed E-state index contributed by atoms with van der Waals surface area (Å²) in [5, 5.41) is 6.93. The highest BCUT2D eigenvalue weighted by Gasteiger charge is 2.20. The molecule has 0 aliphatic heterocycles. The van der Waals surface area contributed by atoms with Crippen molar-refractivity contribution in [2.75, 3.05) is 0 Å². The normalized spacial score (nSPS) is 11.8. The van der Waals surface area contributed by atoms with Crippen molar-refractivity contribution >= 4 is 75.4 Å².